The largest absolute Gasteiger partial charge is 0.325 e. The minimum absolute atomic E-state index is 1.09. The smallest absolute Gasteiger partial charge is 0.0969 e. The monoisotopic (exact) mass is 142 g/mol. The van der Waals surface area contributed by atoms with E-state index in [9.17, 15) is 0 Å². The zero-order valence-electron chi connectivity index (χ0n) is 7.72. The highest BCUT2D eigenvalue weighted by Gasteiger charge is 2.06. The van der Waals surface area contributed by atoms with Gasteiger partial charge in [0.2, 0.25) is 0 Å². The molecule has 10 heavy (non-hydrogen) atoms. The van der Waals surface area contributed by atoms with E-state index in [1.165, 1.54) is 6.54 Å². The fourth-order valence-corrected chi connectivity index (χ4v) is 0.656. The molecule has 0 amide bonds. The summed E-state index contributed by atoms with van der Waals surface area (Å²) in [4.78, 5) is 0. The van der Waals surface area contributed by atoms with Gasteiger partial charge in [-0.25, -0.2) is 0 Å². The van der Waals surface area contributed by atoms with Crippen molar-refractivity contribution in [2.75, 3.05) is 27.2 Å². The summed E-state index contributed by atoms with van der Waals surface area (Å²) in [5.74, 6) is 0. The third kappa shape index (κ3) is 4.57. The molecular formula is C9H20N+. The van der Waals surface area contributed by atoms with Crippen molar-refractivity contribution in [1.29, 1.82) is 0 Å². The van der Waals surface area contributed by atoms with Gasteiger partial charge in [0, 0.05) is 0 Å². The Morgan fingerprint density at radius 3 is 2.10 bits per heavy atom. The summed E-state index contributed by atoms with van der Waals surface area (Å²) in [5, 5.41) is 0. The second-order valence-electron chi connectivity index (χ2n) is 3.31. The molecule has 1 nitrogen and oxygen atoms in total. The Labute approximate surface area is 64.9 Å². The summed E-state index contributed by atoms with van der Waals surface area (Å²) < 4.78 is 1.09. The quantitative estimate of drug-likeness (QED) is 0.416. The molecule has 0 saturated carbocycles. The lowest BCUT2D eigenvalue weighted by atomic mass is 10.3. The first-order valence-electron chi connectivity index (χ1n) is 4.09. The molecular weight excluding hydrogens is 122 g/mol. The molecule has 0 aliphatic carbocycles. The van der Waals surface area contributed by atoms with Gasteiger partial charge in [-0.05, 0) is 19.4 Å². The van der Waals surface area contributed by atoms with Crippen LogP contribution >= 0.6 is 0 Å². The van der Waals surface area contributed by atoms with E-state index in [1.54, 1.807) is 0 Å². The van der Waals surface area contributed by atoms with Crippen LogP contribution in [0.5, 0.6) is 0 Å². The summed E-state index contributed by atoms with van der Waals surface area (Å²) >= 11 is 0. The van der Waals surface area contributed by atoms with Gasteiger partial charge in [0.25, 0.3) is 0 Å². The minimum atomic E-state index is 1.09. The van der Waals surface area contributed by atoms with Crippen LogP contribution in [-0.2, 0) is 0 Å². The van der Waals surface area contributed by atoms with Crippen molar-refractivity contribution in [3.63, 3.8) is 0 Å². The zero-order valence-corrected chi connectivity index (χ0v) is 7.72. The SMILES string of the molecule is CCC=CC[N+](C)(C)CC. The predicted octanol–water partition coefficient (Wildman–Crippen LogP) is 2.05. The molecule has 0 aromatic carbocycles. The van der Waals surface area contributed by atoms with Crippen LogP contribution in [0.25, 0.3) is 0 Å². The Balaban J connectivity index is 3.56. The van der Waals surface area contributed by atoms with E-state index < -0.39 is 0 Å². The van der Waals surface area contributed by atoms with Gasteiger partial charge in [-0.1, -0.05) is 13.0 Å². The van der Waals surface area contributed by atoms with Crippen LogP contribution < -0.4 is 0 Å². The van der Waals surface area contributed by atoms with Crippen molar-refractivity contribution in [2.45, 2.75) is 20.3 Å². The van der Waals surface area contributed by atoms with E-state index in [0.29, 0.717) is 0 Å². The fraction of sp³-hybridized carbons (Fsp3) is 0.778. The third-order valence-electron chi connectivity index (χ3n) is 1.86. The topological polar surface area (TPSA) is 0 Å². The lowest BCUT2D eigenvalue weighted by Gasteiger charge is -2.26. The molecule has 0 spiro atoms. The number of quaternary nitrogens is 1. The Morgan fingerprint density at radius 2 is 1.70 bits per heavy atom. The lowest BCUT2D eigenvalue weighted by molar-refractivity contribution is -0.882. The van der Waals surface area contributed by atoms with Crippen LogP contribution in [0.15, 0.2) is 12.2 Å². The van der Waals surface area contributed by atoms with E-state index in [4.69, 9.17) is 0 Å². The van der Waals surface area contributed by atoms with E-state index in [2.05, 4.69) is 40.1 Å². The van der Waals surface area contributed by atoms with Crippen molar-refractivity contribution in [3.05, 3.63) is 12.2 Å². The van der Waals surface area contributed by atoms with Crippen molar-refractivity contribution < 1.29 is 4.48 Å². The van der Waals surface area contributed by atoms with Gasteiger partial charge in [0.05, 0.1) is 27.2 Å². The Kier molecular flexibility index (Phi) is 4.37. The Hall–Kier alpha value is -0.300. The maximum absolute atomic E-state index is 2.27. The molecule has 0 heterocycles. The molecule has 0 bridgehead atoms. The number of rotatable bonds is 4. The van der Waals surface area contributed by atoms with Crippen LogP contribution in [0.2, 0.25) is 0 Å². The summed E-state index contributed by atoms with van der Waals surface area (Å²) in [5.41, 5.74) is 0. The molecule has 0 aromatic rings. The first kappa shape index (κ1) is 9.70. The summed E-state index contributed by atoms with van der Waals surface area (Å²) in [6.45, 7) is 6.75. The third-order valence-corrected chi connectivity index (χ3v) is 1.86. The fourth-order valence-electron chi connectivity index (χ4n) is 0.656. The van der Waals surface area contributed by atoms with Gasteiger partial charge in [0.15, 0.2) is 0 Å². The highest BCUT2D eigenvalue weighted by Crippen LogP contribution is 1.95. The molecule has 0 radical (unpaired) electrons. The standard InChI is InChI=1S/C9H20N/c1-5-7-8-9-10(3,4)6-2/h7-8H,5-6,9H2,1-4H3/q+1. The maximum Gasteiger partial charge on any atom is 0.0969 e. The molecule has 0 saturated heterocycles. The summed E-state index contributed by atoms with van der Waals surface area (Å²) in [6.07, 6.45) is 5.66. The Morgan fingerprint density at radius 1 is 1.10 bits per heavy atom. The normalized spacial score (nSPS) is 12.8. The van der Waals surface area contributed by atoms with E-state index >= 15 is 0 Å². The molecule has 0 aliphatic heterocycles. The molecule has 0 unspecified atom stereocenters. The minimum Gasteiger partial charge on any atom is -0.325 e. The van der Waals surface area contributed by atoms with Gasteiger partial charge < -0.3 is 4.48 Å². The number of allylic oxidation sites excluding steroid dienone is 1. The molecule has 0 N–H and O–H groups in total. The van der Waals surface area contributed by atoms with Gasteiger partial charge in [-0.15, -0.1) is 0 Å². The van der Waals surface area contributed by atoms with Gasteiger partial charge in [-0.3, -0.25) is 0 Å². The molecule has 0 fully saturated rings. The molecule has 0 rings (SSSR count). The van der Waals surface area contributed by atoms with Crippen molar-refractivity contribution in [2.24, 2.45) is 0 Å². The molecule has 0 aromatic heterocycles. The highest BCUT2D eigenvalue weighted by molar-refractivity contribution is 4.79. The second-order valence-corrected chi connectivity index (χ2v) is 3.31. The van der Waals surface area contributed by atoms with E-state index in [-0.39, 0.29) is 0 Å². The highest BCUT2D eigenvalue weighted by atomic mass is 15.3. The lowest BCUT2D eigenvalue weighted by Crippen LogP contribution is -2.39. The van der Waals surface area contributed by atoms with Crippen molar-refractivity contribution in [3.8, 4) is 0 Å². The average Bonchev–Trinajstić information content (AvgIpc) is 1.89. The Bertz CT molecular complexity index is 103. The van der Waals surface area contributed by atoms with Gasteiger partial charge in [0.1, 0.15) is 0 Å². The first-order chi connectivity index (χ1) is 4.62. The van der Waals surface area contributed by atoms with Crippen LogP contribution in [-0.4, -0.2) is 31.7 Å². The van der Waals surface area contributed by atoms with Crippen LogP contribution in [0, 0.1) is 0 Å². The second kappa shape index (κ2) is 4.51. The van der Waals surface area contributed by atoms with Crippen LogP contribution in [0.4, 0.5) is 0 Å². The number of nitrogens with zero attached hydrogens (tertiary/aromatic N) is 1. The van der Waals surface area contributed by atoms with Crippen molar-refractivity contribution in [1.82, 2.24) is 0 Å². The summed E-state index contributed by atoms with van der Waals surface area (Å²) in [7, 11) is 4.50. The molecule has 60 valence electrons. The van der Waals surface area contributed by atoms with E-state index in [1.807, 2.05) is 0 Å². The number of likely N-dealkylation sites (N-methyl/N-ethyl adjacent to an activating group) is 1. The maximum atomic E-state index is 2.27. The number of hydrogen-bond donors (Lipinski definition) is 0. The molecule has 1 heteroatoms. The van der Waals surface area contributed by atoms with Gasteiger partial charge in [-0.2, -0.15) is 0 Å². The average molecular weight is 142 g/mol. The zero-order chi connectivity index (χ0) is 8.04. The predicted molar refractivity (Wildman–Crippen MR) is 46.9 cm³/mol. The molecule has 0 atom stereocenters. The molecule has 0 aliphatic rings. The van der Waals surface area contributed by atoms with E-state index in [0.717, 1.165) is 17.4 Å². The van der Waals surface area contributed by atoms with Crippen LogP contribution in [0.1, 0.15) is 20.3 Å². The number of hydrogen-bond acceptors (Lipinski definition) is 0. The van der Waals surface area contributed by atoms with Gasteiger partial charge >= 0.3 is 0 Å². The summed E-state index contributed by atoms with van der Waals surface area (Å²) in [6, 6.07) is 0. The van der Waals surface area contributed by atoms with Crippen LogP contribution in [0.3, 0.4) is 0 Å². The first-order valence-corrected chi connectivity index (χ1v) is 4.09. The van der Waals surface area contributed by atoms with Crippen molar-refractivity contribution >= 4 is 0 Å².